The largest absolute Gasteiger partial charge is 0.506 e. The number of nitrogens with one attached hydrogen (secondary N) is 3. The van der Waals surface area contributed by atoms with Crippen molar-refractivity contribution in [3.63, 3.8) is 0 Å². The Kier molecular flexibility index (Phi) is 7.92. The number of amides is 1. The first-order valence-electron chi connectivity index (χ1n) is 12.4. The smallest absolute Gasteiger partial charge is 0.248 e. The van der Waals surface area contributed by atoms with E-state index < -0.39 is 0 Å². The van der Waals surface area contributed by atoms with Gasteiger partial charge in [0, 0.05) is 42.6 Å². The molecule has 12 heteroatoms. The molecule has 1 saturated heterocycles. The molecule has 1 amide bonds. The van der Waals surface area contributed by atoms with E-state index in [2.05, 4.69) is 30.7 Å². The van der Waals surface area contributed by atoms with Gasteiger partial charge in [-0.05, 0) is 44.4 Å². The highest BCUT2D eigenvalue weighted by Gasteiger charge is 2.18. The molecule has 0 spiro atoms. The van der Waals surface area contributed by atoms with Gasteiger partial charge in [-0.15, -0.1) is 0 Å². The second-order valence-electron chi connectivity index (χ2n) is 9.29. The van der Waals surface area contributed by atoms with Gasteiger partial charge in [0.1, 0.15) is 10.9 Å². The van der Waals surface area contributed by atoms with Gasteiger partial charge in [0.25, 0.3) is 0 Å². The summed E-state index contributed by atoms with van der Waals surface area (Å²) in [5, 5.41) is 24.4. The van der Waals surface area contributed by atoms with E-state index in [4.69, 9.17) is 21.3 Å². The predicted octanol–water partition coefficient (Wildman–Crippen LogP) is 4.02. The predicted molar refractivity (Wildman–Crippen MR) is 153 cm³/mol. The lowest BCUT2D eigenvalue weighted by Gasteiger charge is -2.29. The zero-order chi connectivity index (χ0) is 27.4. The van der Waals surface area contributed by atoms with Crippen molar-refractivity contribution in [2.75, 3.05) is 62.5 Å². The molecule has 202 valence electrons. The van der Waals surface area contributed by atoms with E-state index in [0.717, 1.165) is 5.56 Å². The van der Waals surface area contributed by atoms with Crippen molar-refractivity contribution in [3.8, 4) is 17.0 Å². The van der Waals surface area contributed by atoms with Crippen LogP contribution in [0.3, 0.4) is 0 Å². The van der Waals surface area contributed by atoms with Crippen LogP contribution >= 0.6 is 11.6 Å². The van der Waals surface area contributed by atoms with E-state index in [1.165, 1.54) is 6.08 Å². The Morgan fingerprint density at radius 2 is 2.00 bits per heavy atom. The summed E-state index contributed by atoms with van der Waals surface area (Å²) in [6.45, 7) is 3.25. The Labute approximate surface area is 230 Å². The van der Waals surface area contributed by atoms with Gasteiger partial charge in [-0.3, -0.25) is 9.89 Å². The first-order chi connectivity index (χ1) is 18.9. The summed E-state index contributed by atoms with van der Waals surface area (Å²) in [5.74, 6) is 0.267. The number of H-pyrrole nitrogens is 1. The van der Waals surface area contributed by atoms with Crippen molar-refractivity contribution in [2.45, 2.75) is 0 Å². The van der Waals surface area contributed by atoms with E-state index in [1.807, 2.05) is 43.3 Å². The van der Waals surface area contributed by atoms with Crippen LogP contribution in [-0.2, 0) is 9.53 Å². The fourth-order valence-electron chi connectivity index (χ4n) is 4.24. The zero-order valence-corrected chi connectivity index (χ0v) is 22.4. The molecule has 3 heterocycles. The van der Waals surface area contributed by atoms with Crippen LogP contribution in [0.25, 0.3) is 22.3 Å². The van der Waals surface area contributed by atoms with Gasteiger partial charge >= 0.3 is 0 Å². The Morgan fingerprint density at radius 1 is 1.18 bits per heavy atom. The summed E-state index contributed by atoms with van der Waals surface area (Å²) in [5.41, 5.74) is 3.68. The summed E-state index contributed by atoms with van der Waals surface area (Å²) >= 11 is 6.43. The number of carbonyl (C=O) groups is 1. The van der Waals surface area contributed by atoms with Crippen molar-refractivity contribution in [1.82, 2.24) is 25.1 Å². The number of halogens is 1. The van der Waals surface area contributed by atoms with Crippen molar-refractivity contribution in [3.05, 3.63) is 59.8 Å². The Bertz CT molecular complexity index is 1510. The Hall–Kier alpha value is -4.19. The average Bonchev–Trinajstić information content (AvgIpc) is 3.30. The molecule has 0 atom stereocenters. The molecule has 0 aliphatic carbocycles. The fourth-order valence-corrected chi connectivity index (χ4v) is 4.46. The van der Waals surface area contributed by atoms with Gasteiger partial charge < -0.3 is 30.3 Å². The lowest BCUT2D eigenvalue weighted by molar-refractivity contribution is -0.111. The van der Waals surface area contributed by atoms with E-state index in [0.29, 0.717) is 77.7 Å². The summed E-state index contributed by atoms with van der Waals surface area (Å²) < 4.78 is 5.43. The molecule has 2 aromatic carbocycles. The van der Waals surface area contributed by atoms with E-state index in [1.54, 1.807) is 24.3 Å². The maximum absolute atomic E-state index is 12.4. The molecule has 0 radical (unpaired) electrons. The topological polar surface area (TPSA) is 132 Å². The number of carbonyl (C=O) groups excluding carboxylic acids is 1. The third-order valence-electron chi connectivity index (χ3n) is 6.10. The van der Waals surface area contributed by atoms with E-state index in [-0.39, 0.29) is 11.7 Å². The number of anilines is 4. The van der Waals surface area contributed by atoms with Crippen LogP contribution in [0.15, 0.2) is 54.6 Å². The number of nitrogens with zero attached hydrogens (tertiary/aromatic N) is 5. The molecule has 0 bridgehead atoms. The van der Waals surface area contributed by atoms with Crippen molar-refractivity contribution in [2.24, 2.45) is 0 Å². The van der Waals surface area contributed by atoms with Gasteiger partial charge in [-0.1, -0.05) is 29.8 Å². The number of ether oxygens (including phenoxy) is 1. The number of benzene rings is 2. The number of phenolic OH excluding ortho intramolecular Hbond substituents is 1. The first-order valence-corrected chi connectivity index (χ1v) is 12.8. The number of morpholine rings is 1. The minimum absolute atomic E-state index is 0.189. The van der Waals surface area contributed by atoms with Gasteiger partial charge in [0.05, 0.1) is 30.0 Å². The average molecular weight is 549 g/mol. The summed E-state index contributed by atoms with van der Waals surface area (Å²) in [6.07, 6.45) is 3.30. The van der Waals surface area contributed by atoms with Crippen molar-refractivity contribution >= 4 is 51.6 Å². The van der Waals surface area contributed by atoms with Crippen LogP contribution in [0.4, 0.5) is 23.0 Å². The van der Waals surface area contributed by atoms with Gasteiger partial charge in [-0.25, -0.2) is 4.98 Å². The molecule has 2 aromatic heterocycles. The molecule has 39 heavy (non-hydrogen) atoms. The molecular formula is C27H29ClN8O3. The standard InChI is InChI=1S/C27H29ClN8O3/c1-35(2)10-4-7-22(38)29-18-6-3-5-17(15-18)24-23-25(28)33-34-26(23)32-27(31-24)30-19-8-9-21(37)20(16-19)36-11-13-39-14-12-36/h3-9,15-16,37H,10-14H2,1-2H3,(H,29,38)(H2,30,31,32,33,34)/b7-4+. The molecule has 0 unspecified atom stereocenters. The van der Waals surface area contributed by atoms with Gasteiger partial charge in [0.2, 0.25) is 11.9 Å². The van der Waals surface area contributed by atoms with Crippen LogP contribution in [-0.4, -0.2) is 83.0 Å². The maximum Gasteiger partial charge on any atom is 0.248 e. The first kappa shape index (κ1) is 26.4. The van der Waals surface area contributed by atoms with Crippen LogP contribution in [0.2, 0.25) is 5.15 Å². The second-order valence-corrected chi connectivity index (χ2v) is 9.67. The molecular weight excluding hydrogens is 520 g/mol. The number of rotatable bonds is 8. The Morgan fingerprint density at radius 3 is 2.79 bits per heavy atom. The monoisotopic (exact) mass is 548 g/mol. The van der Waals surface area contributed by atoms with Crippen LogP contribution in [0.1, 0.15) is 0 Å². The molecule has 1 fully saturated rings. The molecule has 1 aliphatic rings. The highest BCUT2D eigenvalue weighted by molar-refractivity contribution is 6.35. The van der Waals surface area contributed by atoms with Crippen LogP contribution in [0, 0.1) is 0 Å². The summed E-state index contributed by atoms with van der Waals surface area (Å²) in [7, 11) is 3.87. The maximum atomic E-state index is 12.4. The van der Waals surface area contributed by atoms with Crippen molar-refractivity contribution < 1.29 is 14.6 Å². The minimum atomic E-state index is -0.228. The zero-order valence-electron chi connectivity index (χ0n) is 21.6. The van der Waals surface area contributed by atoms with E-state index in [9.17, 15) is 9.90 Å². The highest BCUT2D eigenvalue weighted by Crippen LogP contribution is 2.35. The lowest BCUT2D eigenvalue weighted by atomic mass is 10.1. The number of aromatic hydroxyl groups is 1. The van der Waals surface area contributed by atoms with Gasteiger partial charge in [-0.2, -0.15) is 10.1 Å². The number of fused-ring (bicyclic) bond motifs is 1. The third-order valence-corrected chi connectivity index (χ3v) is 6.37. The third kappa shape index (κ3) is 6.28. The normalized spacial score (nSPS) is 13.9. The molecule has 5 rings (SSSR count). The quantitative estimate of drug-likeness (QED) is 0.190. The highest BCUT2D eigenvalue weighted by atomic mass is 35.5. The minimum Gasteiger partial charge on any atom is -0.506 e. The van der Waals surface area contributed by atoms with Crippen LogP contribution < -0.4 is 15.5 Å². The Balaban J connectivity index is 1.44. The number of hydrogen-bond acceptors (Lipinski definition) is 9. The number of aromatic amines is 1. The second kappa shape index (κ2) is 11.7. The number of likely N-dealkylation sites (N-methyl/N-ethyl adjacent to an activating group) is 1. The molecule has 4 N–H and O–H groups in total. The van der Waals surface area contributed by atoms with Gasteiger partial charge in [0.15, 0.2) is 5.65 Å². The van der Waals surface area contributed by atoms with Crippen LogP contribution in [0.5, 0.6) is 5.75 Å². The fraction of sp³-hybridized carbons (Fsp3) is 0.259. The molecule has 4 aromatic rings. The van der Waals surface area contributed by atoms with Crippen molar-refractivity contribution in [1.29, 1.82) is 0 Å². The molecule has 11 nitrogen and oxygen atoms in total. The summed E-state index contributed by atoms with van der Waals surface area (Å²) in [6, 6.07) is 12.6. The lowest BCUT2D eigenvalue weighted by Crippen LogP contribution is -2.36. The SMILES string of the molecule is CN(C)C/C=C/C(=O)Nc1cccc(-c2nc(Nc3ccc(O)c(N4CCOCC4)c3)nc3n[nH]c(Cl)c23)c1. The molecule has 0 saturated carbocycles. The van der Waals surface area contributed by atoms with E-state index >= 15 is 0 Å². The number of aromatic nitrogens is 4. The summed E-state index contributed by atoms with van der Waals surface area (Å²) in [4.78, 5) is 25.7. The molecule has 1 aliphatic heterocycles. The number of phenols is 1. The number of hydrogen-bond donors (Lipinski definition) is 4.